The van der Waals surface area contributed by atoms with Gasteiger partial charge in [-0.15, -0.1) is 12.4 Å². The SMILES string of the molecule is COc1ccc(C2CC(=O)N(C(=O)NC3CCCCC3)N2C)cc1OC1CCCC1.Cl. The summed E-state index contributed by atoms with van der Waals surface area (Å²) >= 11 is 0. The number of ether oxygens (including phenoxy) is 2. The highest BCUT2D eigenvalue weighted by molar-refractivity contribution is 5.95. The minimum Gasteiger partial charge on any atom is -0.493 e. The number of hydrogen-bond donors (Lipinski definition) is 1. The first-order valence-electron chi connectivity index (χ1n) is 11.3. The highest BCUT2D eigenvalue weighted by Gasteiger charge is 2.41. The van der Waals surface area contributed by atoms with Crippen molar-refractivity contribution in [2.45, 2.75) is 82.4 Å². The number of hydrazine groups is 1. The summed E-state index contributed by atoms with van der Waals surface area (Å²) in [4.78, 5) is 25.5. The van der Waals surface area contributed by atoms with Gasteiger partial charge in [0.1, 0.15) is 0 Å². The lowest BCUT2D eigenvalue weighted by Crippen LogP contribution is -2.50. The van der Waals surface area contributed by atoms with E-state index >= 15 is 0 Å². The van der Waals surface area contributed by atoms with E-state index in [-0.39, 0.29) is 49.0 Å². The molecule has 7 nitrogen and oxygen atoms in total. The van der Waals surface area contributed by atoms with Gasteiger partial charge in [-0.05, 0) is 56.2 Å². The Morgan fingerprint density at radius 2 is 1.71 bits per heavy atom. The zero-order valence-electron chi connectivity index (χ0n) is 18.5. The van der Waals surface area contributed by atoms with Gasteiger partial charge in [-0.1, -0.05) is 25.3 Å². The van der Waals surface area contributed by atoms with Crippen LogP contribution in [0.3, 0.4) is 0 Å². The van der Waals surface area contributed by atoms with E-state index < -0.39 is 0 Å². The first-order valence-corrected chi connectivity index (χ1v) is 11.3. The van der Waals surface area contributed by atoms with Gasteiger partial charge in [-0.2, -0.15) is 5.01 Å². The van der Waals surface area contributed by atoms with E-state index in [9.17, 15) is 9.59 Å². The molecule has 1 N–H and O–H groups in total. The van der Waals surface area contributed by atoms with E-state index in [2.05, 4.69) is 5.32 Å². The van der Waals surface area contributed by atoms with Crippen LogP contribution in [0.4, 0.5) is 4.79 Å². The van der Waals surface area contributed by atoms with Crippen molar-refractivity contribution in [3.63, 3.8) is 0 Å². The van der Waals surface area contributed by atoms with E-state index in [1.165, 1.54) is 24.3 Å². The largest absolute Gasteiger partial charge is 0.493 e. The van der Waals surface area contributed by atoms with E-state index in [4.69, 9.17) is 9.47 Å². The molecule has 1 aliphatic heterocycles. The number of nitrogens with one attached hydrogen (secondary N) is 1. The van der Waals surface area contributed by atoms with Gasteiger partial charge in [0.2, 0.25) is 5.91 Å². The van der Waals surface area contributed by atoms with Crippen molar-refractivity contribution in [3.05, 3.63) is 23.8 Å². The molecular formula is C23H34ClN3O4. The average molecular weight is 452 g/mol. The van der Waals surface area contributed by atoms with Crippen LogP contribution in [0.1, 0.15) is 75.8 Å². The fraction of sp³-hybridized carbons (Fsp3) is 0.652. The van der Waals surface area contributed by atoms with E-state index in [1.54, 1.807) is 19.2 Å². The third kappa shape index (κ3) is 5.26. The molecule has 1 aromatic rings. The lowest BCUT2D eigenvalue weighted by atomic mass is 9.96. The summed E-state index contributed by atoms with van der Waals surface area (Å²) in [6, 6.07) is 5.46. The van der Waals surface area contributed by atoms with Gasteiger partial charge < -0.3 is 14.8 Å². The maximum Gasteiger partial charge on any atom is 0.339 e. The van der Waals surface area contributed by atoms with Crippen LogP contribution in [0.5, 0.6) is 11.5 Å². The molecule has 3 aliphatic rings. The van der Waals surface area contributed by atoms with E-state index in [0.717, 1.165) is 44.1 Å². The van der Waals surface area contributed by atoms with Crippen LogP contribution in [0.15, 0.2) is 18.2 Å². The lowest BCUT2D eigenvalue weighted by molar-refractivity contribution is -0.131. The van der Waals surface area contributed by atoms with Gasteiger partial charge in [0.25, 0.3) is 0 Å². The standard InChI is InChI=1S/C23H33N3O4.ClH/c1-25-19(15-22(27)26(25)23(28)24-17-8-4-3-5-9-17)16-12-13-20(29-2)21(14-16)30-18-10-6-7-11-18;/h12-14,17-19H,3-11,15H2,1-2H3,(H,24,28);1H. The number of amides is 3. The monoisotopic (exact) mass is 451 g/mol. The van der Waals surface area contributed by atoms with Gasteiger partial charge in [0, 0.05) is 13.1 Å². The van der Waals surface area contributed by atoms with Gasteiger partial charge >= 0.3 is 6.03 Å². The molecule has 0 bridgehead atoms. The summed E-state index contributed by atoms with van der Waals surface area (Å²) in [7, 11) is 3.44. The molecule has 3 amide bonds. The van der Waals surface area contributed by atoms with Gasteiger partial charge in [-0.3, -0.25) is 4.79 Å². The Labute approximate surface area is 190 Å². The molecule has 8 heteroatoms. The normalized spacial score (nSPS) is 23.0. The number of benzene rings is 1. The number of hydrogen-bond acceptors (Lipinski definition) is 5. The van der Waals surface area contributed by atoms with Crippen LogP contribution >= 0.6 is 12.4 Å². The molecule has 3 fully saturated rings. The molecule has 0 radical (unpaired) electrons. The second-order valence-corrected chi connectivity index (χ2v) is 8.72. The maximum absolute atomic E-state index is 12.8. The van der Waals surface area contributed by atoms with Crippen LogP contribution in [0.25, 0.3) is 0 Å². The predicted molar refractivity (Wildman–Crippen MR) is 120 cm³/mol. The van der Waals surface area contributed by atoms with Crippen molar-refractivity contribution < 1.29 is 19.1 Å². The Morgan fingerprint density at radius 1 is 1.03 bits per heavy atom. The Morgan fingerprint density at radius 3 is 2.39 bits per heavy atom. The Balaban J connectivity index is 0.00000272. The molecule has 31 heavy (non-hydrogen) atoms. The average Bonchev–Trinajstić information content (AvgIpc) is 3.36. The Bertz CT molecular complexity index is 778. The molecule has 172 valence electrons. The zero-order valence-corrected chi connectivity index (χ0v) is 19.3. The number of imide groups is 1. The summed E-state index contributed by atoms with van der Waals surface area (Å²) in [6.07, 6.45) is 10.4. The molecular weight excluding hydrogens is 418 g/mol. The third-order valence-corrected chi connectivity index (χ3v) is 6.66. The summed E-state index contributed by atoms with van der Waals surface area (Å²) in [6.45, 7) is 0. The molecule has 2 saturated carbocycles. The Kier molecular flexibility index (Phi) is 8.06. The molecule has 1 aromatic carbocycles. The number of nitrogens with zero attached hydrogens (tertiary/aromatic N) is 2. The lowest BCUT2D eigenvalue weighted by Gasteiger charge is -2.30. The van der Waals surface area contributed by atoms with E-state index in [1.807, 2.05) is 18.2 Å². The fourth-order valence-corrected chi connectivity index (χ4v) is 4.95. The predicted octanol–water partition coefficient (Wildman–Crippen LogP) is 4.60. The molecule has 0 aromatic heterocycles. The summed E-state index contributed by atoms with van der Waals surface area (Å²) < 4.78 is 11.7. The molecule has 1 unspecified atom stereocenters. The van der Waals surface area contributed by atoms with Gasteiger partial charge in [-0.25, -0.2) is 9.80 Å². The zero-order chi connectivity index (χ0) is 21.1. The molecule has 0 spiro atoms. The van der Waals surface area contributed by atoms with Crippen LogP contribution in [0.2, 0.25) is 0 Å². The molecule has 1 saturated heterocycles. The number of rotatable bonds is 5. The summed E-state index contributed by atoms with van der Waals surface area (Å²) in [5, 5.41) is 6.07. The second kappa shape index (κ2) is 10.6. The molecule has 1 atom stereocenters. The number of carbonyl (C=O) groups is 2. The fourth-order valence-electron chi connectivity index (χ4n) is 4.95. The quantitative estimate of drug-likeness (QED) is 0.708. The number of carbonyl (C=O) groups excluding carboxylic acids is 2. The van der Waals surface area contributed by atoms with Crippen molar-refractivity contribution in [2.75, 3.05) is 14.2 Å². The first kappa shape index (κ1) is 23.7. The second-order valence-electron chi connectivity index (χ2n) is 8.72. The van der Waals surface area contributed by atoms with Crippen LogP contribution in [-0.4, -0.2) is 48.3 Å². The molecule has 2 aliphatic carbocycles. The minimum atomic E-state index is -0.312. The first-order chi connectivity index (χ1) is 14.6. The van der Waals surface area contributed by atoms with Gasteiger partial charge in [0.15, 0.2) is 11.5 Å². The Hall–Kier alpha value is -1.99. The van der Waals surface area contributed by atoms with Crippen molar-refractivity contribution in [2.24, 2.45) is 0 Å². The van der Waals surface area contributed by atoms with Crippen molar-refractivity contribution in [1.29, 1.82) is 0 Å². The summed E-state index contributed by atoms with van der Waals surface area (Å²) in [5.41, 5.74) is 0.951. The van der Waals surface area contributed by atoms with Crippen LogP contribution in [0, 0.1) is 0 Å². The summed E-state index contributed by atoms with van der Waals surface area (Å²) in [5.74, 6) is 1.24. The number of halogens is 1. The molecule has 4 rings (SSSR count). The van der Waals surface area contributed by atoms with Crippen molar-refractivity contribution in [1.82, 2.24) is 15.3 Å². The van der Waals surface area contributed by atoms with Crippen LogP contribution < -0.4 is 14.8 Å². The maximum atomic E-state index is 12.8. The smallest absolute Gasteiger partial charge is 0.339 e. The van der Waals surface area contributed by atoms with Crippen molar-refractivity contribution >= 4 is 24.3 Å². The highest BCUT2D eigenvalue weighted by atomic mass is 35.5. The topological polar surface area (TPSA) is 71.1 Å². The van der Waals surface area contributed by atoms with Crippen molar-refractivity contribution in [3.8, 4) is 11.5 Å². The number of methoxy groups -OCH3 is 1. The van der Waals surface area contributed by atoms with Crippen LogP contribution in [-0.2, 0) is 4.79 Å². The minimum absolute atomic E-state index is 0. The third-order valence-electron chi connectivity index (χ3n) is 6.66. The number of urea groups is 1. The van der Waals surface area contributed by atoms with E-state index in [0.29, 0.717) is 11.5 Å². The molecule has 1 heterocycles. The highest BCUT2D eigenvalue weighted by Crippen LogP contribution is 2.38. The van der Waals surface area contributed by atoms with Gasteiger partial charge in [0.05, 0.1) is 25.7 Å².